The van der Waals surface area contributed by atoms with Crippen LogP contribution in [0.2, 0.25) is 0 Å². The average molecular weight is 656 g/mol. The second-order valence-electron chi connectivity index (χ2n) is 12.9. The van der Waals surface area contributed by atoms with Crippen molar-refractivity contribution in [2.45, 2.75) is 174 Å². The van der Waals surface area contributed by atoms with E-state index in [1.807, 2.05) is 0 Å². The molecule has 0 heterocycles. The van der Waals surface area contributed by atoms with Crippen LogP contribution in [0.5, 0.6) is 0 Å². The third kappa shape index (κ3) is 36.3. The lowest BCUT2D eigenvalue weighted by Crippen LogP contribution is -2.30. The first-order valence-electron chi connectivity index (χ1n) is 18.7. The van der Waals surface area contributed by atoms with E-state index in [0.29, 0.717) is 32.6 Å². The highest BCUT2D eigenvalue weighted by Crippen LogP contribution is 2.15. The minimum absolute atomic E-state index is 0.0486. The number of rotatable bonds is 35. The zero-order valence-corrected chi connectivity index (χ0v) is 29.7. The van der Waals surface area contributed by atoms with E-state index >= 15 is 0 Å². The maximum absolute atomic E-state index is 12.0. The summed E-state index contributed by atoms with van der Waals surface area (Å²) in [5.74, 6) is -1.29. The second kappa shape index (κ2) is 34.2. The number of carboxylic acid groups (broad SMARTS) is 1. The van der Waals surface area contributed by atoms with E-state index in [1.54, 1.807) is 11.9 Å². The van der Waals surface area contributed by atoms with Crippen LogP contribution in [-0.2, 0) is 33.4 Å². The van der Waals surface area contributed by atoms with Crippen molar-refractivity contribution >= 4 is 23.9 Å². The fraction of sp³-hybridized carbons (Fsp3) is 0.892. The number of nitrogens with zero attached hydrogens (tertiary/aromatic N) is 1. The van der Waals surface area contributed by atoms with E-state index in [9.17, 15) is 19.2 Å². The summed E-state index contributed by atoms with van der Waals surface area (Å²) in [5, 5.41) is 8.63. The molecule has 0 aromatic heterocycles. The van der Waals surface area contributed by atoms with Gasteiger partial charge in [0.15, 0.2) is 0 Å². The van der Waals surface area contributed by atoms with Crippen LogP contribution in [0.4, 0.5) is 0 Å². The Labute approximate surface area is 280 Å². The minimum Gasteiger partial charge on any atom is -0.481 e. The summed E-state index contributed by atoms with van der Waals surface area (Å²) in [5.41, 5.74) is 0. The number of carbonyl (C=O) groups is 4. The van der Waals surface area contributed by atoms with Crippen LogP contribution in [0.15, 0.2) is 0 Å². The molecule has 0 aliphatic carbocycles. The van der Waals surface area contributed by atoms with Gasteiger partial charge in [0.25, 0.3) is 0 Å². The molecule has 0 aliphatic rings. The predicted molar refractivity (Wildman–Crippen MR) is 184 cm³/mol. The van der Waals surface area contributed by atoms with E-state index < -0.39 is 5.97 Å². The second-order valence-corrected chi connectivity index (χ2v) is 12.9. The largest absolute Gasteiger partial charge is 0.481 e. The van der Waals surface area contributed by atoms with Crippen LogP contribution in [0.25, 0.3) is 0 Å². The number of esters is 3. The summed E-state index contributed by atoms with van der Waals surface area (Å²) in [6.07, 6.45) is 28.9. The monoisotopic (exact) mass is 656 g/mol. The van der Waals surface area contributed by atoms with Crippen LogP contribution in [0.1, 0.15) is 174 Å². The number of likely N-dealkylation sites (N-methyl/N-ethyl adjacent to an activating group) is 1. The van der Waals surface area contributed by atoms with Crippen LogP contribution >= 0.6 is 0 Å². The van der Waals surface area contributed by atoms with Gasteiger partial charge in [-0.15, -0.1) is 0 Å². The summed E-state index contributed by atoms with van der Waals surface area (Å²) < 4.78 is 15.5. The minimum atomic E-state index is -0.676. The molecule has 0 saturated carbocycles. The number of unbranched alkanes of at least 4 members (excludes halogenated alkanes) is 22. The van der Waals surface area contributed by atoms with Crippen LogP contribution < -0.4 is 0 Å². The quantitative estimate of drug-likeness (QED) is 0.0406. The molecule has 0 aromatic carbocycles. The van der Waals surface area contributed by atoms with Crippen molar-refractivity contribution in [2.75, 3.05) is 40.0 Å². The first kappa shape index (κ1) is 43.8. The molecule has 0 amide bonds. The number of aliphatic carboxylic acids is 1. The Bertz CT molecular complexity index is 745. The number of hydrogen-bond donors (Lipinski definition) is 1. The zero-order valence-electron chi connectivity index (χ0n) is 29.7. The van der Waals surface area contributed by atoms with Crippen molar-refractivity contribution in [2.24, 2.45) is 0 Å². The van der Waals surface area contributed by atoms with Gasteiger partial charge < -0.3 is 19.3 Å². The van der Waals surface area contributed by atoms with E-state index in [4.69, 9.17) is 19.3 Å². The molecule has 0 unspecified atom stereocenters. The molecule has 9 nitrogen and oxygen atoms in total. The van der Waals surface area contributed by atoms with Gasteiger partial charge in [0.05, 0.1) is 19.8 Å². The molecule has 0 aliphatic heterocycles. The molecule has 1 N–H and O–H groups in total. The molecule has 0 fully saturated rings. The zero-order chi connectivity index (χ0) is 33.9. The Morgan fingerprint density at radius 2 is 0.804 bits per heavy atom. The molecule has 270 valence electrons. The molecule has 0 rings (SSSR count). The summed E-state index contributed by atoms with van der Waals surface area (Å²) in [6, 6.07) is 0. The van der Waals surface area contributed by atoms with Crippen molar-refractivity contribution in [3.8, 4) is 0 Å². The first-order chi connectivity index (χ1) is 22.3. The van der Waals surface area contributed by atoms with Gasteiger partial charge >= 0.3 is 23.9 Å². The van der Waals surface area contributed by atoms with Gasteiger partial charge in [0.1, 0.15) is 6.61 Å². The van der Waals surface area contributed by atoms with Crippen LogP contribution in [0, 0.1) is 0 Å². The SMILES string of the molecule is CC(=O)OCCN(C)CC(=O)OCCCCCCCCCCOC(=O)CCCCCCCCCCCCCCCCCCC(=O)O. The summed E-state index contributed by atoms with van der Waals surface area (Å²) in [6.45, 7) is 3.33. The Hall–Kier alpha value is -2.16. The smallest absolute Gasteiger partial charge is 0.320 e. The molecule has 0 saturated heterocycles. The Balaban J connectivity index is 3.27. The summed E-state index contributed by atoms with van der Waals surface area (Å²) >= 11 is 0. The summed E-state index contributed by atoms with van der Waals surface area (Å²) in [7, 11) is 1.80. The first-order valence-corrected chi connectivity index (χ1v) is 18.7. The molecule has 0 bridgehead atoms. The maximum Gasteiger partial charge on any atom is 0.320 e. The van der Waals surface area contributed by atoms with Gasteiger partial charge in [-0.2, -0.15) is 0 Å². The molecule has 0 aromatic rings. The number of ether oxygens (including phenoxy) is 3. The van der Waals surface area contributed by atoms with Crippen LogP contribution in [0.3, 0.4) is 0 Å². The van der Waals surface area contributed by atoms with E-state index in [0.717, 1.165) is 64.2 Å². The van der Waals surface area contributed by atoms with E-state index in [2.05, 4.69) is 0 Å². The van der Waals surface area contributed by atoms with Gasteiger partial charge in [-0.05, 0) is 32.7 Å². The molecule has 0 spiro atoms. The average Bonchev–Trinajstić information content (AvgIpc) is 3.00. The summed E-state index contributed by atoms with van der Waals surface area (Å²) in [4.78, 5) is 46.8. The predicted octanol–water partition coefficient (Wildman–Crippen LogP) is 8.79. The van der Waals surface area contributed by atoms with E-state index in [-0.39, 0.29) is 31.1 Å². The number of carboxylic acids is 1. The number of hydrogen-bond acceptors (Lipinski definition) is 8. The Morgan fingerprint density at radius 1 is 0.457 bits per heavy atom. The molecule has 0 atom stereocenters. The fourth-order valence-corrected chi connectivity index (χ4v) is 5.42. The Kier molecular flexibility index (Phi) is 32.6. The molecule has 9 heteroatoms. The number of carbonyl (C=O) groups excluding carboxylic acids is 3. The highest BCUT2D eigenvalue weighted by molar-refractivity contribution is 5.71. The van der Waals surface area contributed by atoms with Crippen molar-refractivity contribution < 1.29 is 38.5 Å². The van der Waals surface area contributed by atoms with Gasteiger partial charge in [-0.3, -0.25) is 24.1 Å². The Morgan fingerprint density at radius 3 is 1.20 bits per heavy atom. The highest BCUT2D eigenvalue weighted by Gasteiger charge is 2.08. The molecule has 0 radical (unpaired) electrons. The van der Waals surface area contributed by atoms with Gasteiger partial charge in [-0.25, -0.2) is 0 Å². The highest BCUT2D eigenvalue weighted by atomic mass is 16.5. The molecule has 46 heavy (non-hydrogen) atoms. The molecular formula is C37H69NO8. The van der Waals surface area contributed by atoms with Crippen molar-refractivity contribution in [1.29, 1.82) is 0 Å². The van der Waals surface area contributed by atoms with Crippen molar-refractivity contribution in [3.63, 3.8) is 0 Å². The van der Waals surface area contributed by atoms with Gasteiger partial charge in [-0.1, -0.05) is 128 Å². The normalized spacial score (nSPS) is 11.1. The van der Waals surface area contributed by atoms with Crippen molar-refractivity contribution in [1.82, 2.24) is 4.90 Å². The fourth-order valence-electron chi connectivity index (χ4n) is 5.42. The van der Waals surface area contributed by atoms with Gasteiger partial charge in [0.2, 0.25) is 0 Å². The third-order valence-electron chi connectivity index (χ3n) is 8.26. The lowest BCUT2D eigenvalue weighted by Gasteiger charge is -2.15. The van der Waals surface area contributed by atoms with Crippen LogP contribution in [-0.4, -0.2) is 73.8 Å². The van der Waals surface area contributed by atoms with E-state index in [1.165, 1.54) is 96.8 Å². The standard InChI is InChI=1S/C37H69NO8/c1-34(39)44-32-29-38(2)33-37(43)46-31-26-22-18-14-13-17-21-25-30-45-36(42)28-24-20-16-12-10-8-6-4-3-5-7-9-11-15-19-23-27-35(40)41/h3-33H2,1-2H3,(H,40,41). The lowest BCUT2D eigenvalue weighted by molar-refractivity contribution is -0.146. The van der Waals surface area contributed by atoms with Gasteiger partial charge in [0, 0.05) is 26.3 Å². The topological polar surface area (TPSA) is 119 Å². The maximum atomic E-state index is 12.0. The molecular weight excluding hydrogens is 586 g/mol. The third-order valence-corrected chi connectivity index (χ3v) is 8.26. The van der Waals surface area contributed by atoms with Crippen molar-refractivity contribution in [3.05, 3.63) is 0 Å². The lowest BCUT2D eigenvalue weighted by atomic mass is 10.0.